The first-order valence-electron chi connectivity index (χ1n) is 18.5. The molecule has 6 rings (SSSR count). The van der Waals surface area contributed by atoms with Crippen LogP contribution in [0, 0.1) is 0 Å². The zero-order valence-corrected chi connectivity index (χ0v) is 29.2. The first-order valence-corrected chi connectivity index (χ1v) is 24.2. The number of aromatic nitrogens is 2. The SMILES string of the molecule is B[PH](Cc1cccc(-c2cccc(C[PH](B)(C3CCCCC3)C3CCCCC3)n2)n1)(C1CCCCC1)C1CCCCC1. The number of pyridine rings is 2. The molecular weight excluding hydrogens is 544 g/mol. The van der Waals surface area contributed by atoms with Crippen molar-refractivity contribution in [3.05, 3.63) is 47.8 Å². The van der Waals surface area contributed by atoms with Crippen LogP contribution in [0.4, 0.5) is 0 Å². The Morgan fingerprint density at radius 3 is 1.02 bits per heavy atom. The molecule has 42 heavy (non-hydrogen) atoms. The first kappa shape index (κ1) is 31.3. The predicted molar refractivity (Wildman–Crippen MR) is 196 cm³/mol. The van der Waals surface area contributed by atoms with Gasteiger partial charge in [0, 0.05) is 0 Å². The van der Waals surface area contributed by atoms with Crippen LogP contribution in [0.15, 0.2) is 36.4 Å². The van der Waals surface area contributed by atoms with E-state index >= 15 is 0 Å². The van der Waals surface area contributed by atoms with Crippen molar-refractivity contribution >= 4 is 29.4 Å². The summed E-state index contributed by atoms with van der Waals surface area (Å²) in [5.41, 5.74) is 8.99. The molecule has 2 aromatic rings. The van der Waals surface area contributed by atoms with Crippen LogP contribution < -0.4 is 0 Å². The van der Waals surface area contributed by atoms with Crippen LogP contribution in [-0.4, -0.2) is 47.7 Å². The van der Waals surface area contributed by atoms with Crippen molar-refractivity contribution in [2.45, 2.75) is 163 Å². The van der Waals surface area contributed by atoms with Gasteiger partial charge in [-0.2, -0.15) is 0 Å². The van der Waals surface area contributed by atoms with E-state index in [1.165, 1.54) is 152 Å². The average molecular weight is 604 g/mol. The van der Waals surface area contributed by atoms with Gasteiger partial charge in [-0.3, -0.25) is 0 Å². The summed E-state index contributed by atoms with van der Waals surface area (Å²) in [6.07, 6.45) is 32.1. The van der Waals surface area contributed by atoms with Crippen LogP contribution in [-0.2, 0) is 12.3 Å². The molecule has 4 fully saturated rings. The summed E-state index contributed by atoms with van der Waals surface area (Å²) in [6.45, 7) is 0. The third-order valence-corrected chi connectivity index (χ3v) is 25.2. The van der Waals surface area contributed by atoms with E-state index in [4.69, 9.17) is 9.97 Å². The Hall–Kier alpha value is -0.710. The zero-order valence-electron chi connectivity index (χ0n) is 27.2. The van der Waals surface area contributed by atoms with Gasteiger partial charge in [-0.1, -0.05) is 0 Å². The minimum atomic E-state index is -1.47. The van der Waals surface area contributed by atoms with Gasteiger partial charge in [0.15, 0.2) is 0 Å². The second kappa shape index (κ2) is 14.6. The second-order valence-corrected chi connectivity index (χ2v) is 25.7. The molecular formula is C36H60B2N2P2. The quantitative estimate of drug-likeness (QED) is 0.211. The fourth-order valence-corrected chi connectivity index (χ4v) is 21.9. The van der Waals surface area contributed by atoms with Crippen molar-refractivity contribution in [3.8, 4) is 11.4 Å². The molecule has 0 unspecified atom stereocenters. The van der Waals surface area contributed by atoms with E-state index < -0.39 is 14.3 Å². The van der Waals surface area contributed by atoms with Crippen LogP contribution in [0.5, 0.6) is 0 Å². The molecule has 0 aromatic carbocycles. The molecule has 0 spiro atoms. The molecule has 2 aromatic heterocycles. The van der Waals surface area contributed by atoms with Gasteiger partial charge in [0.1, 0.15) is 0 Å². The monoisotopic (exact) mass is 604 g/mol. The predicted octanol–water partition coefficient (Wildman–Crippen LogP) is 9.07. The van der Waals surface area contributed by atoms with Gasteiger partial charge in [0.05, 0.1) is 0 Å². The fourth-order valence-electron chi connectivity index (χ4n) is 10.5. The van der Waals surface area contributed by atoms with E-state index in [0.29, 0.717) is 0 Å². The molecule has 0 aliphatic heterocycles. The van der Waals surface area contributed by atoms with Crippen molar-refractivity contribution in [1.29, 1.82) is 0 Å². The molecule has 230 valence electrons. The standard InChI is InChI=1S/C36H60B2N2P2/c37-41(31-17-5-1-6-18-31,32-19-7-2-8-20-32)27-29-15-13-25-35(39-29)36-26-14-16-30(40-36)28-42(38,33-21-9-3-10-22-33)34-23-11-4-12-24-34/h13-16,25-26,31-34,41-42H,1-12,17-24,27-28,37-38H2. The summed E-state index contributed by atoms with van der Waals surface area (Å²) in [6, 6.07) is 13.8. The molecule has 4 saturated carbocycles. The molecule has 0 radical (unpaired) electrons. The van der Waals surface area contributed by atoms with Crippen molar-refractivity contribution in [2.24, 2.45) is 0 Å². The van der Waals surface area contributed by atoms with E-state index in [9.17, 15) is 0 Å². The second-order valence-electron chi connectivity index (χ2n) is 15.7. The Morgan fingerprint density at radius 1 is 0.452 bits per heavy atom. The van der Waals surface area contributed by atoms with Gasteiger partial charge >= 0.3 is 262 Å². The van der Waals surface area contributed by atoms with Gasteiger partial charge in [-0.25, -0.2) is 0 Å². The van der Waals surface area contributed by atoms with Crippen LogP contribution in [0.1, 0.15) is 140 Å². The third kappa shape index (κ3) is 7.23. The summed E-state index contributed by atoms with van der Waals surface area (Å²) in [4.78, 5) is 10.8. The summed E-state index contributed by atoms with van der Waals surface area (Å²) in [7, 11) is 2.66. The number of hydrogen-bond acceptors (Lipinski definition) is 2. The number of nitrogens with zero attached hydrogens (tertiary/aromatic N) is 2. The van der Waals surface area contributed by atoms with E-state index in [1.807, 2.05) is 0 Å². The molecule has 2 nitrogen and oxygen atoms in total. The van der Waals surface area contributed by atoms with Crippen molar-refractivity contribution in [2.75, 3.05) is 0 Å². The van der Waals surface area contributed by atoms with Gasteiger partial charge in [-0.05, 0) is 0 Å². The van der Waals surface area contributed by atoms with Crippen molar-refractivity contribution in [3.63, 3.8) is 0 Å². The summed E-state index contributed by atoms with van der Waals surface area (Å²) < 4.78 is 0. The van der Waals surface area contributed by atoms with Gasteiger partial charge < -0.3 is 0 Å². The first-order chi connectivity index (χ1) is 20.5. The molecule has 0 atom stereocenters. The number of rotatable bonds is 9. The summed E-state index contributed by atoms with van der Waals surface area (Å²) >= 11 is 0. The fraction of sp³-hybridized carbons (Fsp3) is 0.722. The van der Waals surface area contributed by atoms with E-state index in [-0.39, 0.29) is 0 Å². The molecule has 0 amide bonds. The summed E-state index contributed by atoms with van der Waals surface area (Å²) in [5.74, 6) is 0. The molecule has 0 N–H and O–H groups in total. The maximum atomic E-state index is 5.42. The Morgan fingerprint density at radius 2 is 0.738 bits per heavy atom. The van der Waals surface area contributed by atoms with Crippen molar-refractivity contribution in [1.82, 2.24) is 9.97 Å². The average Bonchev–Trinajstić information content (AvgIpc) is 3.06. The molecule has 6 heteroatoms. The molecule has 0 bridgehead atoms. The zero-order chi connectivity index (χ0) is 28.8. The third-order valence-electron chi connectivity index (χ3n) is 13.2. The molecule has 4 aliphatic carbocycles. The van der Waals surface area contributed by atoms with Gasteiger partial charge in [0.2, 0.25) is 0 Å². The summed E-state index contributed by atoms with van der Waals surface area (Å²) in [5, 5.41) is 0. The molecule has 0 saturated heterocycles. The minimum absolute atomic E-state index is 1.00. The van der Waals surface area contributed by atoms with E-state index in [2.05, 4.69) is 51.5 Å². The van der Waals surface area contributed by atoms with Crippen LogP contribution in [0.2, 0.25) is 0 Å². The molecule has 2 heterocycles. The topological polar surface area (TPSA) is 25.8 Å². The van der Waals surface area contributed by atoms with E-state index in [1.54, 1.807) is 0 Å². The maximum absolute atomic E-state index is 5.42. The Bertz CT molecular complexity index is 1010. The van der Waals surface area contributed by atoms with Crippen LogP contribution in [0.3, 0.4) is 0 Å². The van der Waals surface area contributed by atoms with Crippen LogP contribution >= 0.6 is 14.3 Å². The Labute approximate surface area is 261 Å². The normalized spacial score (nSPS) is 23.5. The van der Waals surface area contributed by atoms with Gasteiger partial charge in [0.25, 0.3) is 0 Å². The van der Waals surface area contributed by atoms with Crippen molar-refractivity contribution < 1.29 is 0 Å². The van der Waals surface area contributed by atoms with E-state index in [0.717, 1.165) is 34.0 Å². The van der Waals surface area contributed by atoms with Crippen LogP contribution in [0.25, 0.3) is 11.4 Å². The van der Waals surface area contributed by atoms with Gasteiger partial charge in [-0.15, -0.1) is 0 Å². The number of hydrogen-bond donors (Lipinski definition) is 0. The Kier molecular flexibility index (Phi) is 10.9. The Balaban J connectivity index is 1.24. The molecule has 4 aliphatic rings.